The number of hydrogen-bond donors (Lipinski definition) is 1. The Labute approximate surface area is 193 Å². The number of rotatable bonds is 9. The van der Waals surface area contributed by atoms with E-state index in [9.17, 15) is 9.59 Å². The normalized spacial score (nSPS) is 20.5. The predicted molar refractivity (Wildman–Crippen MR) is 123 cm³/mol. The molecule has 0 saturated heterocycles. The third-order valence-electron chi connectivity index (χ3n) is 5.58. The quantitative estimate of drug-likeness (QED) is 0.323. The van der Waals surface area contributed by atoms with Crippen LogP contribution >= 0.6 is 15.9 Å². The van der Waals surface area contributed by atoms with E-state index in [1.54, 1.807) is 14.0 Å². The first kappa shape index (κ1) is 25.4. The van der Waals surface area contributed by atoms with Crippen molar-refractivity contribution < 1.29 is 23.8 Å². The molecular weight excluding hydrogens is 462 g/mol. The second-order valence-electron chi connectivity index (χ2n) is 7.70. The molecule has 1 aromatic carbocycles. The Morgan fingerprint density at radius 1 is 1.29 bits per heavy atom. The van der Waals surface area contributed by atoms with Gasteiger partial charge < -0.3 is 19.5 Å². The fourth-order valence-electron chi connectivity index (χ4n) is 4.11. The summed E-state index contributed by atoms with van der Waals surface area (Å²) in [6, 6.07) is 3.94. The number of esters is 1. The molecule has 0 aromatic heterocycles. The van der Waals surface area contributed by atoms with Gasteiger partial charge in [-0.1, -0.05) is 28.8 Å². The topological polar surface area (TPSA) is 73.9 Å². The molecule has 7 heteroatoms. The molecule has 1 aromatic rings. The van der Waals surface area contributed by atoms with E-state index in [4.69, 9.17) is 14.2 Å². The zero-order chi connectivity index (χ0) is 22.9. The highest BCUT2D eigenvalue weighted by Gasteiger charge is 2.45. The van der Waals surface area contributed by atoms with E-state index >= 15 is 0 Å². The van der Waals surface area contributed by atoms with Crippen LogP contribution in [-0.4, -0.2) is 51.0 Å². The number of hydrogen-bond acceptors (Lipinski definition) is 5. The molecule has 0 spiro atoms. The third-order valence-corrected chi connectivity index (χ3v) is 6.28. The van der Waals surface area contributed by atoms with E-state index in [0.717, 1.165) is 40.4 Å². The summed E-state index contributed by atoms with van der Waals surface area (Å²) < 4.78 is 16.8. The lowest BCUT2D eigenvalue weighted by atomic mass is 9.79. The van der Waals surface area contributed by atoms with Gasteiger partial charge in [0.15, 0.2) is 0 Å². The number of methoxy groups -OCH3 is 2. The number of nitrogens with one attached hydrogen (secondary N) is 1. The molecule has 6 nitrogen and oxygen atoms in total. The number of halogens is 1. The third kappa shape index (κ3) is 6.80. The van der Waals surface area contributed by atoms with Crippen molar-refractivity contribution in [2.75, 3.05) is 27.4 Å². The van der Waals surface area contributed by atoms with E-state index in [2.05, 4.69) is 33.1 Å². The van der Waals surface area contributed by atoms with Crippen LogP contribution in [0.25, 0.3) is 0 Å². The molecule has 2 unspecified atom stereocenters. The lowest BCUT2D eigenvalue weighted by molar-refractivity contribution is -0.155. The van der Waals surface area contributed by atoms with E-state index in [1.165, 1.54) is 7.11 Å². The summed E-state index contributed by atoms with van der Waals surface area (Å²) in [7, 11) is 2.97. The molecule has 0 bridgehead atoms. The zero-order valence-corrected chi connectivity index (χ0v) is 20.4. The lowest BCUT2D eigenvalue weighted by Crippen LogP contribution is -2.59. The van der Waals surface area contributed by atoms with Crippen molar-refractivity contribution in [2.45, 2.75) is 64.0 Å². The van der Waals surface area contributed by atoms with Crippen LogP contribution in [0, 0.1) is 11.8 Å². The molecule has 170 valence electrons. The molecule has 31 heavy (non-hydrogen) atoms. The van der Waals surface area contributed by atoms with Crippen LogP contribution in [0.15, 0.2) is 16.6 Å². The predicted octanol–water partition coefficient (Wildman–Crippen LogP) is 3.56. The van der Waals surface area contributed by atoms with Gasteiger partial charge >= 0.3 is 5.97 Å². The Bertz CT molecular complexity index is 844. The van der Waals surface area contributed by atoms with Crippen LogP contribution in [0.1, 0.15) is 56.2 Å². The molecule has 2 rings (SSSR count). The molecule has 1 N–H and O–H groups in total. The summed E-state index contributed by atoms with van der Waals surface area (Å²) in [6.45, 7) is 4.78. The summed E-state index contributed by atoms with van der Waals surface area (Å²) >= 11 is 3.59. The van der Waals surface area contributed by atoms with Gasteiger partial charge in [0, 0.05) is 23.6 Å². The molecule has 1 amide bonds. The number of carbonyl (C=O) groups is 2. The standard InChI is InChI=1S/C24H32BrNO5/c1-5-8-17-13-18(6-2)20(21(25)14-17)15-22(27)26-24(23(28)30-4)10-7-9-19(16-24)31-12-11-29-3/h13-14,19H,6-7,9-12,15-16H2,1-4H3,(H,26,27). The summed E-state index contributed by atoms with van der Waals surface area (Å²) in [5.41, 5.74) is 1.79. The Hall–Kier alpha value is -1.88. The zero-order valence-electron chi connectivity index (χ0n) is 18.8. The molecule has 2 atom stereocenters. The van der Waals surface area contributed by atoms with Crippen molar-refractivity contribution in [3.63, 3.8) is 0 Å². The molecule has 0 heterocycles. The fourth-order valence-corrected chi connectivity index (χ4v) is 4.75. The van der Waals surface area contributed by atoms with Gasteiger partial charge in [-0.2, -0.15) is 0 Å². The van der Waals surface area contributed by atoms with Gasteiger partial charge in [0.25, 0.3) is 0 Å². The minimum atomic E-state index is -1.08. The fraction of sp³-hybridized carbons (Fsp3) is 0.583. The van der Waals surface area contributed by atoms with Gasteiger partial charge in [-0.15, -0.1) is 5.92 Å². The van der Waals surface area contributed by atoms with Crippen molar-refractivity contribution in [3.8, 4) is 11.8 Å². The number of amides is 1. The Balaban J connectivity index is 2.20. The smallest absolute Gasteiger partial charge is 0.331 e. The highest BCUT2D eigenvalue weighted by Crippen LogP contribution is 2.32. The Morgan fingerprint density at radius 3 is 2.71 bits per heavy atom. The highest BCUT2D eigenvalue weighted by atomic mass is 79.9. The monoisotopic (exact) mass is 493 g/mol. The van der Waals surface area contributed by atoms with Crippen molar-refractivity contribution >= 4 is 27.8 Å². The first-order chi connectivity index (χ1) is 14.9. The molecular formula is C24H32BrNO5. The first-order valence-electron chi connectivity index (χ1n) is 10.6. The van der Waals surface area contributed by atoms with Gasteiger partial charge in [-0.3, -0.25) is 4.79 Å². The number of benzene rings is 1. The van der Waals surface area contributed by atoms with Crippen LogP contribution in [-0.2, 0) is 36.6 Å². The van der Waals surface area contributed by atoms with Gasteiger partial charge in [0.1, 0.15) is 5.54 Å². The van der Waals surface area contributed by atoms with E-state index in [0.29, 0.717) is 26.1 Å². The summed E-state index contributed by atoms with van der Waals surface area (Å²) in [6.07, 6.45) is 3.33. The second kappa shape index (κ2) is 12.2. The van der Waals surface area contributed by atoms with Crippen molar-refractivity contribution in [3.05, 3.63) is 33.3 Å². The molecule has 0 aliphatic heterocycles. The van der Waals surface area contributed by atoms with Gasteiger partial charge in [-0.25, -0.2) is 4.79 Å². The van der Waals surface area contributed by atoms with Crippen molar-refractivity contribution in [1.29, 1.82) is 0 Å². The molecule has 0 radical (unpaired) electrons. The molecule has 1 aliphatic rings. The summed E-state index contributed by atoms with van der Waals surface area (Å²) in [4.78, 5) is 25.8. The molecule has 1 fully saturated rings. The maximum absolute atomic E-state index is 13.1. The minimum absolute atomic E-state index is 0.131. The highest BCUT2D eigenvalue weighted by molar-refractivity contribution is 9.10. The van der Waals surface area contributed by atoms with Crippen LogP contribution in [0.5, 0.6) is 0 Å². The van der Waals surface area contributed by atoms with Crippen LogP contribution in [0.2, 0.25) is 0 Å². The van der Waals surface area contributed by atoms with Crippen LogP contribution in [0.4, 0.5) is 0 Å². The summed E-state index contributed by atoms with van der Waals surface area (Å²) in [5.74, 6) is 5.32. The average Bonchev–Trinajstić information content (AvgIpc) is 2.75. The Morgan fingerprint density at radius 2 is 2.06 bits per heavy atom. The Kier molecular flexibility index (Phi) is 10.0. The average molecular weight is 494 g/mol. The second-order valence-corrected chi connectivity index (χ2v) is 8.56. The van der Waals surface area contributed by atoms with Crippen LogP contribution < -0.4 is 5.32 Å². The summed E-state index contributed by atoms with van der Waals surface area (Å²) in [5, 5.41) is 3.00. The van der Waals surface area contributed by atoms with Crippen molar-refractivity contribution in [1.82, 2.24) is 5.32 Å². The first-order valence-corrected chi connectivity index (χ1v) is 11.4. The maximum atomic E-state index is 13.1. The van der Waals surface area contributed by atoms with E-state index < -0.39 is 11.5 Å². The molecule has 1 aliphatic carbocycles. The van der Waals surface area contributed by atoms with E-state index in [1.807, 2.05) is 19.1 Å². The largest absolute Gasteiger partial charge is 0.467 e. The number of ether oxygens (including phenoxy) is 3. The maximum Gasteiger partial charge on any atom is 0.331 e. The lowest BCUT2D eigenvalue weighted by Gasteiger charge is -2.39. The van der Waals surface area contributed by atoms with Gasteiger partial charge in [-0.05, 0) is 55.9 Å². The van der Waals surface area contributed by atoms with Gasteiger partial charge in [0.2, 0.25) is 5.91 Å². The van der Waals surface area contributed by atoms with E-state index in [-0.39, 0.29) is 18.4 Å². The molecule has 1 saturated carbocycles. The van der Waals surface area contributed by atoms with Crippen molar-refractivity contribution in [2.24, 2.45) is 0 Å². The number of aryl methyl sites for hydroxylation is 1. The SMILES string of the molecule is CC#Cc1cc(Br)c(CC(=O)NC2(C(=O)OC)CCCC(OCCOC)C2)c(CC)c1. The van der Waals surface area contributed by atoms with Gasteiger partial charge in [0.05, 0.1) is 32.8 Å². The minimum Gasteiger partial charge on any atom is -0.467 e. The number of carbonyl (C=O) groups excluding carboxylic acids is 2. The van der Waals surface area contributed by atoms with Crippen LogP contribution in [0.3, 0.4) is 0 Å².